The molecular weight excluding hydrogens is 421 g/mol. The number of carbonyl (C=O) groups is 2. The molecule has 0 spiro atoms. The van der Waals surface area contributed by atoms with Gasteiger partial charge in [0.25, 0.3) is 5.91 Å². The molecule has 0 unspecified atom stereocenters. The van der Waals surface area contributed by atoms with Crippen molar-refractivity contribution in [2.75, 3.05) is 41.7 Å². The lowest BCUT2D eigenvalue weighted by atomic mass is 10.1. The van der Waals surface area contributed by atoms with E-state index >= 15 is 0 Å². The number of rotatable bonds is 4. The van der Waals surface area contributed by atoms with Crippen LogP contribution >= 0.6 is 0 Å². The van der Waals surface area contributed by atoms with Crippen LogP contribution in [0.15, 0.2) is 72.8 Å². The highest BCUT2D eigenvalue weighted by Gasteiger charge is 2.21. The van der Waals surface area contributed by atoms with Crippen LogP contribution in [0.1, 0.15) is 15.9 Å². The van der Waals surface area contributed by atoms with E-state index in [4.69, 9.17) is 5.26 Å². The van der Waals surface area contributed by atoms with Gasteiger partial charge in [0.15, 0.2) is 0 Å². The van der Waals surface area contributed by atoms with Gasteiger partial charge < -0.3 is 20.4 Å². The number of halogens is 1. The molecule has 1 saturated heterocycles. The first-order valence-corrected chi connectivity index (χ1v) is 10.5. The Morgan fingerprint density at radius 2 is 1.52 bits per heavy atom. The van der Waals surface area contributed by atoms with Crippen LogP contribution in [0.25, 0.3) is 0 Å². The van der Waals surface area contributed by atoms with Gasteiger partial charge in [-0.1, -0.05) is 12.1 Å². The number of benzene rings is 3. The minimum Gasteiger partial charge on any atom is -0.368 e. The monoisotopic (exact) mass is 443 g/mol. The molecule has 3 aromatic carbocycles. The molecule has 1 heterocycles. The minimum atomic E-state index is -0.339. The van der Waals surface area contributed by atoms with Gasteiger partial charge in [-0.25, -0.2) is 9.18 Å². The van der Waals surface area contributed by atoms with E-state index < -0.39 is 0 Å². The van der Waals surface area contributed by atoms with Crippen LogP contribution in [-0.4, -0.2) is 43.0 Å². The molecule has 7 nitrogen and oxygen atoms in total. The topological polar surface area (TPSA) is 88.5 Å². The molecule has 0 radical (unpaired) electrons. The number of nitriles is 1. The quantitative estimate of drug-likeness (QED) is 0.629. The second kappa shape index (κ2) is 9.83. The molecule has 4 rings (SSSR count). The van der Waals surface area contributed by atoms with Crippen molar-refractivity contribution >= 4 is 29.0 Å². The zero-order chi connectivity index (χ0) is 23.2. The summed E-state index contributed by atoms with van der Waals surface area (Å²) in [6, 6.07) is 21.4. The summed E-state index contributed by atoms with van der Waals surface area (Å²) in [5.41, 5.74) is 2.80. The third kappa shape index (κ3) is 5.46. The van der Waals surface area contributed by atoms with Gasteiger partial charge in [0.2, 0.25) is 0 Å². The van der Waals surface area contributed by atoms with Crippen molar-refractivity contribution in [3.05, 3.63) is 89.7 Å². The lowest BCUT2D eigenvalue weighted by Crippen LogP contribution is -2.50. The Labute approximate surface area is 191 Å². The summed E-state index contributed by atoms with van der Waals surface area (Å²) in [6.07, 6.45) is 0. The summed E-state index contributed by atoms with van der Waals surface area (Å²) in [6.45, 7) is 2.34. The van der Waals surface area contributed by atoms with Gasteiger partial charge in [-0.15, -0.1) is 0 Å². The third-order valence-corrected chi connectivity index (χ3v) is 5.38. The largest absolute Gasteiger partial charge is 0.368 e. The second-order valence-corrected chi connectivity index (χ2v) is 7.61. The molecule has 0 bridgehead atoms. The first-order chi connectivity index (χ1) is 16.0. The average molecular weight is 443 g/mol. The first-order valence-electron chi connectivity index (χ1n) is 10.5. The smallest absolute Gasteiger partial charge is 0.321 e. The highest BCUT2D eigenvalue weighted by molar-refractivity contribution is 6.05. The molecule has 0 aromatic heterocycles. The van der Waals surface area contributed by atoms with Gasteiger partial charge >= 0.3 is 6.03 Å². The Balaban J connectivity index is 1.34. The number of nitrogens with one attached hydrogen (secondary N) is 2. The number of piperazine rings is 1. The Morgan fingerprint density at radius 3 is 2.21 bits per heavy atom. The normalized spacial score (nSPS) is 13.2. The van der Waals surface area contributed by atoms with Crippen LogP contribution in [-0.2, 0) is 0 Å². The molecule has 0 saturated carbocycles. The summed E-state index contributed by atoms with van der Waals surface area (Å²) < 4.78 is 13.1. The van der Waals surface area contributed by atoms with Crippen molar-refractivity contribution in [1.82, 2.24) is 4.90 Å². The van der Waals surface area contributed by atoms with E-state index in [1.807, 2.05) is 6.07 Å². The first kappa shape index (κ1) is 21.8. The van der Waals surface area contributed by atoms with Crippen molar-refractivity contribution in [2.24, 2.45) is 0 Å². The van der Waals surface area contributed by atoms with Crippen LogP contribution in [0, 0.1) is 17.1 Å². The number of hydrogen-bond acceptors (Lipinski definition) is 4. The Kier molecular flexibility index (Phi) is 6.51. The number of nitrogens with zero attached hydrogens (tertiary/aromatic N) is 3. The highest BCUT2D eigenvalue weighted by atomic mass is 19.1. The molecule has 8 heteroatoms. The maximum absolute atomic E-state index is 13.1. The number of carbonyl (C=O) groups excluding carboxylic acids is 2. The third-order valence-electron chi connectivity index (χ3n) is 5.38. The number of urea groups is 1. The van der Waals surface area contributed by atoms with Gasteiger partial charge in [-0.05, 0) is 60.7 Å². The maximum atomic E-state index is 13.1. The van der Waals surface area contributed by atoms with E-state index in [1.54, 1.807) is 65.6 Å². The molecule has 2 N–H and O–H groups in total. The van der Waals surface area contributed by atoms with Crippen molar-refractivity contribution in [2.45, 2.75) is 0 Å². The fraction of sp³-hybridized carbons (Fsp3) is 0.160. The zero-order valence-electron chi connectivity index (χ0n) is 17.8. The molecule has 3 amide bonds. The summed E-state index contributed by atoms with van der Waals surface area (Å²) in [7, 11) is 0. The standard InChI is InChI=1S/C25H22FN5O2/c26-20-7-9-23(10-8-20)30-11-13-31(14-12-30)25(33)29-22-6-2-4-19(16-22)24(32)28-21-5-1-3-18(15-21)17-27/h1-10,15-16H,11-14H2,(H,28,32)(H,29,33). The van der Waals surface area contributed by atoms with Crippen LogP contribution < -0.4 is 15.5 Å². The SMILES string of the molecule is N#Cc1cccc(NC(=O)c2cccc(NC(=O)N3CCN(c4ccc(F)cc4)CC3)c2)c1. The molecule has 3 aromatic rings. The zero-order valence-corrected chi connectivity index (χ0v) is 17.8. The van der Waals surface area contributed by atoms with E-state index in [9.17, 15) is 14.0 Å². The summed E-state index contributed by atoms with van der Waals surface area (Å²) in [4.78, 5) is 29.1. The molecule has 1 aliphatic rings. The average Bonchev–Trinajstić information content (AvgIpc) is 2.85. The van der Waals surface area contributed by atoms with Gasteiger partial charge in [-0.2, -0.15) is 5.26 Å². The van der Waals surface area contributed by atoms with Crippen LogP contribution in [0.3, 0.4) is 0 Å². The van der Waals surface area contributed by atoms with Gasteiger partial charge in [0.1, 0.15) is 5.82 Å². The summed E-state index contributed by atoms with van der Waals surface area (Å²) in [5, 5.41) is 14.6. The molecule has 1 aliphatic heterocycles. The highest BCUT2D eigenvalue weighted by Crippen LogP contribution is 2.19. The van der Waals surface area contributed by atoms with E-state index in [1.165, 1.54) is 12.1 Å². The van der Waals surface area contributed by atoms with Crippen LogP contribution in [0.5, 0.6) is 0 Å². The minimum absolute atomic E-state index is 0.243. The molecular formula is C25H22FN5O2. The van der Waals surface area contributed by atoms with E-state index in [0.29, 0.717) is 48.7 Å². The Hall–Kier alpha value is -4.38. The lowest BCUT2D eigenvalue weighted by molar-refractivity contribution is 0.102. The van der Waals surface area contributed by atoms with Crippen molar-refractivity contribution in [3.63, 3.8) is 0 Å². The fourth-order valence-corrected chi connectivity index (χ4v) is 3.63. The van der Waals surface area contributed by atoms with Crippen LogP contribution in [0.2, 0.25) is 0 Å². The number of anilines is 3. The Morgan fingerprint density at radius 1 is 0.848 bits per heavy atom. The molecule has 0 atom stereocenters. The van der Waals surface area contributed by atoms with Crippen molar-refractivity contribution in [3.8, 4) is 6.07 Å². The number of amides is 3. The van der Waals surface area contributed by atoms with Gasteiger partial charge in [0, 0.05) is 48.8 Å². The van der Waals surface area contributed by atoms with Crippen molar-refractivity contribution < 1.29 is 14.0 Å². The van der Waals surface area contributed by atoms with Crippen LogP contribution in [0.4, 0.5) is 26.2 Å². The summed E-state index contributed by atoms with van der Waals surface area (Å²) >= 11 is 0. The molecule has 1 fully saturated rings. The predicted molar refractivity (Wildman–Crippen MR) is 125 cm³/mol. The van der Waals surface area contributed by atoms with Gasteiger partial charge in [-0.3, -0.25) is 4.79 Å². The summed E-state index contributed by atoms with van der Waals surface area (Å²) in [5.74, 6) is -0.613. The van der Waals surface area contributed by atoms with E-state index in [0.717, 1.165) is 5.69 Å². The maximum Gasteiger partial charge on any atom is 0.321 e. The predicted octanol–water partition coefficient (Wildman–Crippen LogP) is 4.30. The molecule has 166 valence electrons. The van der Waals surface area contributed by atoms with E-state index in [-0.39, 0.29) is 17.8 Å². The van der Waals surface area contributed by atoms with Crippen molar-refractivity contribution in [1.29, 1.82) is 5.26 Å². The second-order valence-electron chi connectivity index (χ2n) is 7.61. The Bertz CT molecular complexity index is 1200. The van der Waals surface area contributed by atoms with Gasteiger partial charge in [0.05, 0.1) is 11.6 Å². The fourth-order valence-electron chi connectivity index (χ4n) is 3.63. The molecule has 33 heavy (non-hydrogen) atoms. The number of hydrogen-bond donors (Lipinski definition) is 2. The molecule has 0 aliphatic carbocycles. The van der Waals surface area contributed by atoms with E-state index in [2.05, 4.69) is 15.5 Å². The lowest BCUT2D eigenvalue weighted by Gasteiger charge is -2.36.